The number of rotatable bonds is 5. The molecule has 0 atom stereocenters. The van der Waals surface area contributed by atoms with Crippen molar-refractivity contribution in [3.63, 3.8) is 0 Å². The van der Waals surface area contributed by atoms with E-state index in [0.29, 0.717) is 0 Å². The van der Waals surface area contributed by atoms with Gasteiger partial charge in [-0.3, -0.25) is 0 Å². The zero-order valence-corrected chi connectivity index (χ0v) is 15.7. The quantitative estimate of drug-likeness (QED) is 0.462. The smallest absolute Gasteiger partial charge is 0.0861 e. The molecule has 0 bridgehead atoms. The Morgan fingerprint density at radius 3 is 1.18 bits per heavy atom. The highest BCUT2D eigenvalue weighted by Crippen LogP contribution is 2.34. The van der Waals surface area contributed by atoms with Gasteiger partial charge in [-0.1, -0.05) is 121 Å². The Bertz CT molecular complexity index is 955. The van der Waals surface area contributed by atoms with E-state index in [1.54, 1.807) is 0 Å². The summed E-state index contributed by atoms with van der Waals surface area (Å²) >= 11 is 0. The van der Waals surface area contributed by atoms with Gasteiger partial charge in [0.2, 0.25) is 0 Å². The van der Waals surface area contributed by atoms with E-state index in [1.165, 1.54) is 0 Å². The Balaban J connectivity index is 1.97. The minimum atomic E-state index is -0.746. The van der Waals surface area contributed by atoms with Gasteiger partial charge in [0.05, 0.1) is 5.54 Å². The first-order valence-corrected chi connectivity index (χ1v) is 9.51. The molecule has 0 aliphatic heterocycles. The van der Waals surface area contributed by atoms with Gasteiger partial charge in [0.1, 0.15) is 0 Å². The van der Waals surface area contributed by atoms with Crippen molar-refractivity contribution < 1.29 is 0 Å². The summed E-state index contributed by atoms with van der Waals surface area (Å²) in [7, 11) is 0. The molecule has 136 valence electrons. The number of benzene rings is 4. The van der Waals surface area contributed by atoms with Crippen LogP contribution in [-0.4, -0.2) is 0 Å². The topological polar surface area (TPSA) is 26.0 Å². The molecule has 4 aromatic carbocycles. The van der Waals surface area contributed by atoms with Gasteiger partial charge in [-0.2, -0.15) is 0 Å². The average molecular weight is 361 g/mol. The standard InChI is InChI=1S/C27H23N/c28-27(24-17-9-3-10-18-24,25-19-11-4-12-20-25)21-26(22-13-5-1-6-14-22)23-15-7-2-8-16-23/h1-21H,28H2. The summed E-state index contributed by atoms with van der Waals surface area (Å²) in [5.41, 5.74) is 11.9. The second-order valence-electron chi connectivity index (χ2n) is 6.89. The number of hydrogen-bond acceptors (Lipinski definition) is 1. The summed E-state index contributed by atoms with van der Waals surface area (Å²) in [6.45, 7) is 0. The van der Waals surface area contributed by atoms with Crippen LogP contribution in [-0.2, 0) is 5.54 Å². The Morgan fingerprint density at radius 1 is 0.500 bits per heavy atom. The average Bonchev–Trinajstić information content (AvgIpc) is 2.80. The van der Waals surface area contributed by atoms with Crippen LogP contribution in [0.3, 0.4) is 0 Å². The molecular formula is C27H23N. The maximum atomic E-state index is 7.14. The molecular weight excluding hydrogens is 338 g/mol. The summed E-state index contributed by atoms with van der Waals surface area (Å²) in [5, 5.41) is 0. The zero-order valence-electron chi connectivity index (χ0n) is 15.7. The first-order valence-electron chi connectivity index (χ1n) is 9.51. The van der Waals surface area contributed by atoms with Crippen molar-refractivity contribution in [1.29, 1.82) is 0 Å². The van der Waals surface area contributed by atoms with Crippen molar-refractivity contribution in [3.05, 3.63) is 150 Å². The molecule has 1 heteroatoms. The van der Waals surface area contributed by atoms with Gasteiger partial charge in [-0.25, -0.2) is 0 Å². The van der Waals surface area contributed by atoms with Crippen molar-refractivity contribution >= 4 is 5.57 Å². The molecule has 0 saturated carbocycles. The molecule has 0 aliphatic carbocycles. The van der Waals surface area contributed by atoms with Gasteiger partial charge in [-0.05, 0) is 33.9 Å². The second kappa shape index (κ2) is 8.08. The highest BCUT2D eigenvalue weighted by atomic mass is 14.7. The minimum Gasteiger partial charge on any atom is -0.314 e. The molecule has 0 aromatic heterocycles. The van der Waals surface area contributed by atoms with Gasteiger partial charge < -0.3 is 5.73 Å². The van der Waals surface area contributed by atoms with Crippen LogP contribution in [0, 0.1) is 0 Å². The largest absolute Gasteiger partial charge is 0.314 e. The summed E-state index contributed by atoms with van der Waals surface area (Å²) in [4.78, 5) is 0. The zero-order chi connectivity index (χ0) is 19.2. The van der Waals surface area contributed by atoms with Crippen molar-refractivity contribution in [3.8, 4) is 0 Å². The lowest BCUT2D eigenvalue weighted by atomic mass is 9.80. The van der Waals surface area contributed by atoms with Crippen LogP contribution in [0.1, 0.15) is 22.3 Å². The van der Waals surface area contributed by atoms with Crippen LogP contribution in [0.4, 0.5) is 0 Å². The molecule has 0 aliphatic rings. The number of nitrogens with two attached hydrogens (primary N) is 1. The summed E-state index contributed by atoms with van der Waals surface area (Å²) < 4.78 is 0. The molecule has 0 radical (unpaired) electrons. The molecule has 0 unspecified atom stereocenters. The van der Waals surface area contributed by atoms with E-state index in [1.807, 2.05) is 48.5 Å². The third-order valence-corrected chi connectivity index (χ3v) is 5.04. The van der Waals surface area contributed by atoms with Crippen LogP contribution < -0.4 is 5.73 Å². The molecule has 0 heterocycles. The summed E-state index contributed by atoms with van der Waals surface area (Å²) in [5.74, 6) is 0. The molecule has 4 aromatic rings. The van der Waals surface area contributed by atoms with Gasteiger partial charge in [0.15, 0.2) is 0 Å². The lowest BCUT2D eigenvalue weighted by Gasteiger charge is -2.29. The predicted molar refractivity (Wildman–Crippen MR) is 118 cm³/mol. The Kier molecular flexibility index (Phi) is 5.18. The van der Waals surface area contributed by atoms with Gasteiger partial charge in [0, 0.05) is 0 Å². The first-order chi connectivity index (χ1) is 13.8. The highest BCUT2D eigenvalue weighted by Gasteiger charge is 2.28. The molecule has 28 heavy (non-hydrogen) atoms. The molecule has 0 fully saturated rings. The Morgan fingerprint density at radius 2 is 0.821 bits per heavy atom. The van der Waals surface area contributed by atoms with E-state index >= 15 is 0 Å². The lowest BCUT2D eigenvalue weighted by Crippen LogP contribution is -2.36. The van der Waals surface area contributed by atoms with Crippen molar-refractivity contribution in [1.82, 2.24) is 0 Å². The summed E-state index contributed by atoms with van der Waals surface area (Å²) in [6.07, 6.45) is 2.20. The van der Waals surface area contributed by atoms with E-state index < -0.39 is 5.54 Å². The van der Waals surface area contributed by atoms with Gasteiger partial charge in [0.25, 0.3) is 0 Å². The highest BCUT2D eigenvalue weighted by molar-refractivity contribution is 5.81. The monoisotopic (exact) mass is 361 g/mol. The van der Waals surface area contributed by atoms with E-state index in [9.17, 15) is 0 Å². The molecule has 0 amide bonds. The van der Waals surface area contributed by atoms with Crippen molar-refractivity contribution in [2.45, 2.75) is 5.54 Å². The fourth-order valence-electron chi connectivity index (χ4n) is 3.56. The van der Waals surface area contributed by atoms with Gasteiger partial charge in [-0.15, -0.1) is 0 Å². The fraction of sp³-hybridized carbons (Fsp3) is 0.0370. The normalized spacial score (nSPS) is 11.0. The Hall–Kier alpha value is -3.42. The van der Waals surface area contributed by atoms with Crippen molar-refractivity contribution in [2.24, 2.45) is 5.73 Å². The molecule has 0 saturated heterocycles. The SMILES string of the molecule is NC(C=C(c1ccccc1)c1ccccc1)(c1ccccc1)c1ccccc1. The molecule has 0 spiro atoms. The third kappa shape index (κ3) is 3.66. The minimum absolute atomic E-state index is 0.746. The summed E-state index contributed by atoms with van der Waals surface area (Å²) in [6, 6.07) is 41.5. The van der Waals surface area contributed by atoms with E-state index in [0.717, 1.165) is 27.8 Å². The van der Waals surface area contributed by atoms with Crippen LogP contribution in [0.25, 0.3) is 5.57 Å². The van der Waals surface area contributed by atoms with Crippen LogP contribution in [0.5, 0.6) is 0 Å². The van der Waals surface area contributed by atoms with E-state index in [4.69, 9.17) is 5.73 Å². The third-order valence-electron chi connectivity index (χ3n) is 5.04. The van der Waals surface area contributed by atoms with Crippen molar-refractivity contribution in [2.75, 3.05) is 0 Å². The maximum Gasteiger partial charge on any atom is 0.0861 e. The van der Waals surface area contributed by atoms with Crippen LogP contribution in [0.2, 0.25) is 0 Å². The first kappa shape index (κ1) is 18.0. The second-order valence-corrected chi connectivity index (χ2v) is 6.89. The molecule has 1 nitrogen and oxygen atoms in total. The van der Waals surface area contributed by atoms with E-state index in [2.05, 4.69) is 78.9 Å². The predicted octanol–water partition coefficient (Wildman–Crippen LogP) is 6.02. The maximum absolute atomic E-state index is 7.14. The number of hydrogen-bond donors (Lipinski definition) is 1. The van der Waals surface area contributed by atoms with Crippen LogP contribution in [0.15, 0.2) is 127 Å². The van der Waals surface area contributed by atoms with Crippen LogP contribution >= 0.6 is 0 Å². The van der Waals surface area contributed by atoms with E-state index in [-0.39, 0.29) is 0 Å². The lowest BCUT2D eigenvalue weighted by molar-refractivity contribution is 0.683. The van der Waals surface area contributed by atoms with Gasteiger partial charge >= 0.3 is 0 Å². The fourth-order valence-corrected chi connectivity index (χ4v) is 3.56. The molecule has 4 rings (SSSR count). The molecule has 2 N–H and O–H groups in total. The Labute approximate surface area is 166 Å².